The molecule has 0 saturated heterocycles. The fraction of sp³-hybridized carbons (Fsp3) is 0.455. The molecule has 0 atom stereocenters. The van der Waals surface area contributed by atoms with Crippen molar-refractivity contribution in [2.45, 2.75) is 13.8 Å². The van der Waals surface area contributed by atoms with Gasteiger partial charge in [-0.2, -0.15) is 0 Å². The van der Waals surface area contributed by atoms with Gasteiger partial charge in [0.2, 0.25) is 0 Å². The molecule has 1 rings (SSSR count). The maximum absolute atomic E-state index is 5.84. The molecule has 0 aliphatic rings. The summed E-state index contributed by atoms with van der Waals surface area (Å²) in [6.07, 6.45) is 0. The zero-order valence-corrected chi connectivity index (χ0v) is 10.7. The van der Waals surface area contributed by atoms with E-state index in [1.165, 1.54) is 0 Å². The molecule has 0 amide bonds. The molecule has 0 saturated carbocycles. The van der Waals surface area contributed by atoms with Gasteiger partial charge in [-0.1, -0.05) is 47.4 Å². The lowest BCUT2D eigenvalue weighted by molar-refractivity contribution is 0.203. The van der Waals surface area contributed by atoms with Gasteiger partial charge in [0.25, 0.3) is 0 Å². The average molecular weight is 278 g/mol. The van der Waals surface area contributed by atoms with E-state index in [1.54, 1.807) is 0 Å². The number of ether oxygens (including phenoxy) is 1. The van der Waals surface area contributed by atoms with Crippen molar-refractivity contribution in [3.05, 3.63) is 29.3 Å². The van der Waals surface area contributed by atoms with Crippen molar-refractivity contribution in [1.29, 1.82) is 0 Å². The Kier molecular flexibility index (Phi) is 4.27. The SMILES string of the molecule is CC(C)(CBr)COc1cccc(Cl)c1. The lowest BCUT2D eigenvalue weighted by Gasteiger charge is -2.21. The van der Waals surface area contributed by atoms with Gasteiger partial charge >= 0.3 is 0 Å². The van der Waals surface area contributed by atoms with Crippen molar-refractivity contribution in [3.8, 4) is 5.75 Å². The van der Waals surface area contributed by atoms with E-state index in [0.29, 0.717) is 11.6 Å². The Morgan fingerprint density at radius 1 is 1.43 bits per heavy atom. The monoisotopic (exact) mass is 276 g/mol. The lowest BCUT2D eigenvalue weighted by atomic mass is 9.98. The minimum atomic E-state index is 0.141. The summed E-state index contributed by atoms with van der Waals surface area (Å²) >= 11 is 9.29. The molecule has 1 aromatic carbocycles. The molecule has 0 aromatic heterocycles. The van der Waals surface area contributed by atoms with Crippen LogP contribution in [0, 0.1) is 5.41 Å². The second kappa shape index (κ2) is 5.04. The Bertz CT molecular complexity index is 299. The van der Waals surface area contributed by atoms with Crippen LogP contribution in [-0.2, 0) is 0 Å². The molecular formula is C11H14BrClO. The lowest BCUT2D eigenvalue weighted by Crippen LogP contribution is -2.22. The van der Waals surface area contributed by atoms with Crippen LogP contribution in [0.3, 0.4) is 0 Å². The summed E-state index contributed by atoms with van der Waals surface area (Å²) < 4.78 is 5.63. The van der Waals surface area contributed by atoms with Crippen LogP contribution in [0.5, 0.6) is 5.75 Å². The largest absolute Gasteiger partial charge is 0.493 e. The minimum absolute atomic E-state index is 0.141. The van der Waals surface area contributed by atoms with Crippen molar-refractivity contribution < 1.29 is 4.74 Å². The van der Waals surface area contributed by atoms with E-state index in [9.17, 15) is 0 Å². The van der Waals surface area contributed by atoms with Crippen LogP contribution in [-0.4, -0.2) is 11.9 Å². The quantitative estimate of drug-likeness (QED) is 0.752. The summed E-state index contributed by atoms with van der Waals surface area (Å²) in [4.78, 5) is 0. The van der Waals surface area contributed by atoms with E-state index in [2.05, 4.69) is 29.8 Å². The molecule has 0 aliphatic carbocycles. The molecule has 0 fully saturated rings. The van der Waals surface area contributed by atoms with Crippen LogP contribution < -0.4 is 4.74 Å². The number of hydrogen-bond donors (Lipinski definition) is 0. The molecular weight excluding hydrogens is 263 g/mol. The Morgan fingerprint density at radius 2 is 2.14 bits per heavy atom. The van der Waals surface area contributed by atoms with E-state index in [-0.39, 0.29) is 5.41 Å². The van der Waals surface area contributed by atoms with Crippen molar-refractivity contribution in [2.24, 2.45) is 5.41 Å². The topological polar surface area (TPSA) is 9.23 Å². The first-order valence-electron chi connectivity index (χ1n) is 4.48. The Hall–Kier alpha value is -0.210. The summed E-state index contributed by atoms with van der Waals surface area (Å²) in [6, 6.07) is 7.46. The number of rotatable bonds is 4. The predicted octanol–water partition coefficient (Wildman–Crippen LogP) is 4.14. The molecule has 1 nitrogen and oxygen atoms in total. The van der Waals surface area contributed by atoms with Crippen molar-refractivity contribution >= 4 is 27.5 Å². The van der Waals surface area contributed by atoms with Crippen molar-refractivity contribution in [2.75, 3.05) is 11.9 Å². The van der Waals surface area contributed by atoms with Crippen LogP contribution in [0.2, 0.25) is 5.02 Å². The summed E-state index contributed by atoms with van der Waals surface area (Å²) in [5.41, 5.74) is 0.141. The van der Waals surface area contributed by atoms with Gasteiger partial charge in [-0.05, 0) is 18.2 Å². The summed E-state index contributed by atoms with van der Waals surface area (Å²) in [7, 11) is 0. The highest BCUT2D eigenvalue weighted by atomic mass is 79.9. The zero-order valence-electron chi connectivity index (χ0n) is 8.39. The van der Waals surface area contributed by atoms with Crippen LogP contribution in [0.15, 0.2) is 24.3 Å². The highest BCUT2D eigenvalue weighted by Gasteiger charge is 2.16. The molecule has 0 aliphatic heterocycles. The van der Waals surface area contributed by atoms with E-state index >= 15 is 0 Å². The molecule has 0 bridgehead atoms. The number of hydrogen-bond acceptors (Lipinski definition) is 1. The highest BCUT2D eigenvalue weighted by Crippen LogP contribution is 2.22. The smallest absolute Gasteiger partial charge is 0.120 e. The molecule has 0 radical (unpaired) electrons. The summed E-state index contributed by atoms with van der Waals surface area (Å²) in [6.45, 7) is 4.97. The second-order valence-corrected chi connectivity index (χ2v) is 5.04. The molecule has 1 aromatic rings. The normalized spacial score (nSPS) is 11.4. The fourth-order valence-corrected chi connectivity index (χ4v) is 1.22. The van der Waals surface area contributed by atoms with Crippen molar-refractivity contribution in [1.82, 2.24) is 0 Å². The molecule has 0 spiro atoms. The molecule has 3 heteroatoms. The second-order valence-electron chi connectivity index (χ2n) is 4.04. The Labute approximate surface area is 98.5 Å². The van der Waals surface area contributed by atoms with Gasteiger partial charge in [0.1, 0.15) is 5.75 Å². The first kappa shape index (κ1) is 11.9. The van der Waals surface area contributed by atoms with E-state index in [0.717, 1.165) is 11.1 Å². The van der Waals surface area contributed by atoms with Gasteiger partial charge in [-0.25, -0.2) is 0 Å². The van der Waals surface area contributed by atoms with Gasteiger partial charge in [-0.15, -0.1) is 0 Å². The highest BCUT2D eigenvalue weighted by molar-refractivity contribution is 9.09. The third-order valence-electron chi connectivity index (χ3n) is 1.79. The first-order valence-corrected chi connectivity index (χ1v) is 5.98. The molecule has 78 valence electrons. The third kappa shape index (κ3) is 3.89. The predicted molar refractivity (Wildman–Crippen MR) is 64.5 cm³/mol. The Morgan fingerprint density at radius 3 is 2.71 bits per heavy atom. The van der Waals surface area contributed by atoms with Crippen molar-refractivity contribution in [3.63, 3.8) is 0 Å². The van der Waals surface area contributed by atoms with E-state index in [1.807, 2.05) is 24.3 Å². The van der Waals surface area contributed by atoms with E-state index in [4.69, 9.17) is 16.3 Å². The number of alkyl halides is 1. The molecule has 0 unspecified atom stereocenters. The third-order valence-corrected chi connectivity index (χ3v) is 3.54. The fourth-order valence-electron chi connectivity index (χ4n) is 0.874. The molecule has 0 heterocycles. The Balaban J connectivity index is 2.54. The number of benzene rings is 1. The summed E-state index contributed by atoms with van der Waals surface area (Å²) in [5, 5.41) is 1.62. The van der Waals surface area contributed by atoms with Gasteiger partial charge in [0.15, 0.2) is 0 Å². The van der Waals surface area contributed by atoms with Crippen LogP contribution in [0.1, 0.15) is 13.8 Å². The van der Waals surface area contributed by atoms with E-state index < -0.39 is 0 Å². The minimum Gasteiger partial charge on any atom is -0.493 e. The van der Waals surface area contributed by atoms with Crippen LogP contribution in [0.4, 0.5) is 0 Å². The molecule has 14 heavy (non-hydrogen) atoms. The summed E-state index contributed by atoms with van der Waals surface area (Å²) in [5.74, 6) is 0.825. The number of halogens is 2. The molecule has 0 N–H and O–H groups in total. The maximum Gasteiger partial charge on any atom is 0.120 e. The van der Waals surface area contributed by atoms with Crippen LogP contribution in [0.25, 0.3) is 0 Å². The average Bonchev–Trinajstić information content (AvgIpc) is 2.15. The standard InChI is InChI=1S/C11H14BrClO/c1-11(2,7-12)8-14-10-5-3-4-9(13)6-10/h3-6H,7-8H2,1-2H3. The van der Waals surface area contributed by atoms with Gasteiger partial charge in [0.05, 0.1) is 6.61 Å². The van der Waals surface area contributed by atoms with Gasteiger partial charge in [-0.3, -0.25) is 0 Å². The van der Waals surface area contributed by atoms with Gasteiger partial charge in [0, 0.05) is 15.8 Å². The first-order chi connectivity index (χ1) is 6.53. The van der Waals surface area contributed by atoms with Crippen LogP contribution >= 0.6 is 27.5 Å². The zero-order chi connectivity index (χ0) is 10.6. The van der Waals surface area contributed by atoms with Gasteiger partial charge < -0.3 is 4.74 Å². The maximum atomic E-state index is 5.84.